The van der Waals surface area contributed by atoms with Crippen molar-refractivity contribution >= 4 is 15.7 Å². The topological polar surface area (TPSA) is 60.9 Å². The van der Waals surface area contributed by atoms with Crippen LogP contribution in [0.15, 0.2) is 18.2 Å². The molecule has 1 fully saturated rings. The van der Waals surface area contributed by atoms with E-state index in [2.05, 4.69) is 30.9 Å². The molecule has 0 aromatic heterocycles. The highest BCUT2D eigenvalue weighted by Crippen LogP contribution is 2.24. The molecule has 1 heterocycles. The highest BCUT2D eigenvalue weighted by Gasteiger charge is 2.31. The van der Waals surface area contributed by atoms with E-state index in [9.17, 15) is 8.42 Å². The molecule has 0 bridgehead atoms. The van der Waals surface area contributed by atoms with Gasteiger partial charge in [-0.25, -0.2) is 8.42 Å². The van der Waals surface area contributed by atoms with Gasteiger partial charge in [-0.1, -0.05) is 12.1 Å². The molecule has 5 nitrogen and oxygen atoms in total. The van der Waals surface area contributed by atoms with E-state index in [0.717, 1.165) is 0 Å². The third-order valence-corrected chi connectivity index (χ3v) is 6.53. The Morgan fingerprint density at radius 2 is 1.81 bits per heavy atom. The molecule has 118 valence electrons. The lowest BCUT2D eigenvalue weighted by Gasteiger charge is -2.37. The maximum absolute atomic E-state index is 12.2. The monoisotopic (exact) mass is 312 g/mol. The van der Waals surface area contributed by atoms with E-state index >= 15 is 0 Å². The second-order valence-corrected chi connectivity index (χ2v) is 7.99. The van der Waals surface area contributed by atoms with Crippen LogP contribution in [0.1, 0.15) is 18.1 Å². The molecule has 0 aliphatic carbocycles. The molecule has 1 saturated heterocycles. The normalized spacial score (nSPS) is 18.8. The number of aryl methyl sites for hydroxylation is 1. The van der Waals surface area contributed by atoms with E-state index < -0.39 is 15.3 Å². The van der Waals surface area contributed by atoms with Gasteiger partial charge < -0.3 is 10.0 Å². The highest BCUT2D eigenvalue weighted by molar-refractivity contribution is 7.89. The lowest BCUT2D eigenvalue weighted by Crippen LogP contribution is -2.51. The number of nitrogens with zero attached hydrogens (tertiary/aromatic N) is 2. The molecule has 0 radical (unpaired) electrons. The highest BCUT2D eigenvalue weighted by atomic mass is 32.2. The number of rotatable bonds is 4. The van der Waals surface area contributed by atoms with Crippen LogP contribution in [0.5, 0.6) is 0 Å². The van der Waals surface area contributed by atoms with Crippen LogP contribution in [-0.4, -0.2) is 55.9 Å². The molecule has 0 amide bonds. The van der Waals surface area contributed by atoms with E-state index in [4.69, 9.17) is 5.11 Å². The zero-order chi connectivity index (χ0) is 15.6. The van der Waals surface area contributed by atoms with Crippen molar-refractivity contribution in [3.63, 3.8) is 0 Å². The molecule has 1 aliphatic rings. The summed E-state index contributed by atoms with van der Waals surface area (Å²) in [7, 11) is -3.38. The summed E-state index contributed by atoms with van der Waals surface area (Å²) in [6.45, 7) is 7.71. The Morgan fingerprint density at radius 1 is 1.19 bits per heavy atom. The van der Waals surface area contributed by atoms with E-state index in [1.807, 2.05) is 6.07 Å². The van der Waals surface area contributed by atoms with E-state index in [-0.39, 0.29) is 6.61 Å². The number of benzene rings is 1. The van der Waals surface area contributed by atoms with Crippen molar-refractivity contribution in [2.24, 2.45) is 0 Å². The van der Waals surface area contributed by atoms with Crippen molar-refractivity contribution in [1.82, 2.24) is 4.31 Å². The number of hydrogen-bond acceptors (Lipinski definition) is 4. The third kappa shape index (κ3) is 3.22. The van der Waals surface area contributed by atoms with Gasteiger partial charge in [0.25, 0.3) is 0 Å². The van der Waals surface area contributed by atoms with Crippen molar-refractivity contribution in [1.29, 1.82) is 0 Å². The van der Waals surface area contributed by atoms with Gasteiger partial charge in [0, 0.05) is 31.9 Å². The molecule has 1 aliphatic heterocycles. The lowest BCUT2D eigenvalue weighted by atomic mass is 10.1. The van der Waals surface area contributed by atoms with Gasteiger partial charge in [0.05, 0.1) is 11.9 Å². The van der Waals surface area contributed by atoms with Gasteiger partial charge in [-0.15, -0.1) is 0 Å². The number of aliphatic hydroxyl groups is 1. The Kier molecular flexibility index (Phi) is 4.91. The molecular formula is C15H24N2O3S. The van der Waals surface area contributed by atoms with E-state index in [1.54, 1.807) is 6.92 Å². The zero-order valence-electron chi connectivity index (χ0n) is 12.9. The summed E-state index contributed by atoms with van der Waals surface area (Å²) in [5.74, 6) is 0. The fourth-order valence-electron chi connectivity index (χ4n) is 2.61. The minimum Gasteiger partial charge on any atom is -0.395 e. The lowest BCUT2D eigenvalue weighted by molar-refractivity contribution is 0.287. The van der Waals surface area contributed by atoms with Gasteiger partial charge in [0.2, 0.25) is 10.0 Å². The molecule has 1 unspecified atom stereocenters. The summed E-state index contributed by atoms with van der Waals surface area (Å²) in [6, 6.07) is 6.21. The van der Waals surface area contributed by atoms with Crippen LogP contribution in [0.3, 0.4) is 0 Å². The number of sulfonamides is 1. The van der Waals surface area contributed by atoms with Gasteiger partial charge in [0.1, 0.15) is 0 Å². The van der Waals surface area contributed by atoms with Crippen molar-refractivity contribution in [2.75, 3.05) is 37.7 Å². The molecular weight excluding hydrogens is 288 g/mol. The zero-order valence-corrected chi connectivity index (χ0v) is 13.7. The standard InChI is InChI=1S/C15H24N2O3S/c1-12-5-4-6-15(14(12)3)16-7-9-17(10-8-16)21(19,20)13(2)11-18/h4-6,13,18H,7-11H2,1-3H3. The Morgan fingerprint density at radius 3 is 2.38 bits per heavy atom. The molecule has 0 spiro atoms. The summed E-state index contributed by atoms with van der Waals surface area (Å²) in [5, 5.41) is 8.35. The smallest absolute Gasteiger partial charge is 0.219 e. The Hall–Kier alpha value is -1.11. The Balaban J connectivity index is 2.09. The first-order valence-corrected chi connectivity index (χ1v) is 8.79. The first-order chi connectivity index (χ1) is 9.87. The average Bonchev–Trinajstić information content (AvgIpc) is 2.49. The molecule has 1 atom stereocenters. The number of hydrogen-bond donors (Lipinski definition) is 1. The van der Waals surface area contributed by atoms with E-state index in [0.29, 0.717) is 26.2 Å². The summed E-state index contributed by atoms with van der Waals surface area (Å²) in [6.07, 6.45) is 0. The molecule has 6 heteroatoms. The largest absolute Gasteiger partial charge is 0.395 e. The second-order valence-electron chi connectivity index (χ2n) is 5.64. The van der Waals surface area contributed by atoms with Crippen LogP contribution in [0.2, 0.25) is 0 Å². The summed E-state index contributed by atoms with van der Waals surface area (Å²) < 4.78 is 26.0. The van der Waals surface area contributed by atoms with Crippen LogP contribution in [0, 0.1) is 13.8 Å². The molecule has 1 N–H and O–H groups in total. The summed E-state index contributed by atoms with van der Waals surface area (Å²) in [4.78, 5) is 2.23. The number of piperazine rings is 1. The van der Waals surface area contributed by atoms with Gasteiger partial charge in [-0.2, -0.15) is 4.31 Å². The fourth-order valence-corrected chi connectivity index (χ4v) is 3.98. The number of aliphatic hydroxyl groups excluding tert-OH is 1. The minimum atomic E-state index is -3.38. The summed E-state index contributed by atoms with van der Waals surface area (Å²) in [5.41, 5.74) is 3.68. The molecule has 21 heavy (non-hydrogen) atoms. The van der Waals surface area contributed by atoms with Crippen LogP contribution < -0.4 is 4.90 Å². The maximum Gasteiger partial charge on any atom is 0.219 e. The third-order valence-electron chi connectivity index (χ3n) is 4.28. The van der Waals surface area contributed by atoms with Gasteiger partial charge in [0.15, 0.2) is 0 Å². The van der Waals surface area contributed by atoms with Crippen molar-refractivity contribution in [3.8, 4) is 0 Å². The van der Waals surface area contributed by atoms with E-state index in [1.165, 1.54) is 21.1 Å². The maximum atomic E-state index is 12.2. The second kappa shape index (κ2) is 6.34. The van der Waals surface area contributed by atoms with Crippen molar-refractivity contribution in [2.45, 2.75) is 26.0 Å². The fraction of sp³-hybridized carbons (Fsp3) is 0.600. The van der Waals surface area contributed by atoms with Crippen LogP contribution >= 0.6 is 0 Å². The van der Waals surface area contributed by atoms with Crippen LogP contribution in [0.25, 0.3) is 0 Å². The van der Waals surface area contributed by atoms with Crippen LogP contribution in [-0.2, 0) is 10.0 Å². The molecule has 0 saturated carbocycles. The van der Waals surface area contributed by atoms with Crippen molar-refractivity contribution < 1.29 is 13.5 Å². The number of anilines is 1. The predicted octanol–water partition coefficient (Wildman–Crippen LogP) is 1.14. The molecule has 1 aromatic rings. The first-order valence-electron chi connectivity index (χ1n) is 7.29. The first kappa shape index (κ1) is 16.3. The predicted molar refractivity (Wildman–Crippen MR) is 85.2 cm³/mol. The van der Waals surface area contributed by atoms with Gasteiger partial charge in [-0.3, -0.25) is 0 Å². The Labute approximate surface area is 127 Å². The van der Waals surface area contributed by atoms with Crippen molar-refractivity contribution in [3.05, 3.63) is 29.3 Å². The molecule has 1 aromatic carbocycles. The van der Waals surface area contributed by atoms with Gasteiger partial charge >= 0.3 is 0 Å². The quantitative estimate of drug-likeness (QED) is 0.905. The van der Waals surface area contributed by atoms with Crippen LogP contribution in [0.4, 0.5) is 5.69 Å². The average molecular weight is 312 g/mol. The van der Waals surface area contributed by atoms with Gasteiger partial charge in [-0.05, 0) is 38.0 Å². The minimum absolute atomic E-state index is 0.334. The SMILES string of the molecule is Cc1cccc(N2CCN(S(=O)(=O)C(C)CO)CC2)c1C. The Bertz CT molecular complexity index is 593. The molecule has 2 rings (SSSR count). The summed E-state index contributed by atoms with van der Waals surface area (Å²) >= 11 is 0.